The first-order valence-electron chi connectivity index (χ1n) is 3.29. The van der Waals surface area contributed by atoms with Gasteiger partial charge in [-0.2, -0.15) is 0 Å². The molecule has 0 amide bonds. The highest BCUT2D eigenvalue weighted by atomic mass is 79.9. The van der Waals surface area contributed by atoms with Gasteiger partial charge < -0.3 is 5.11 Å². The fourth-order valence-corrected chi connectivity index (χ4v) is 0.0632. The van der Waals surface area contributed by atoms with Gasteiger partial charge in [-0.05, 0) is 19.4 Å². The molecule has 5 nitrogen and oxygen atoms in total. The van der Waals surface area contributed by atoms with Crippen molar-refractivity contribution < 1.29 is 9.90 Å². The second-order valence-electron chi connectivity index (χ2n) is 2.32. The molecule has 0 fully saturated rings. The molecule has 0 aliphatic heterocycles. The summed E-state index contributed by atoms with van der Waals surface area (Å²) in [7, 11) is 0. The van der Waals surface area contributed by atoms with Gasteiger partial charge in [-0.1, -0.05) is 28.0 Å². The van der Waals surface area contributed by atoms with Crippen molar-refractivity contribution in [3.63, 3.8) is 0 Å². The van der Waals surface area contributed by atoms with E-state index in [9.17, 15) is 4.79 Å². The van der Waals surface area contributed by atoms with E-state index in [0.29, 0.717) is 6.54 Å². The van der Waals surface area contributed by atoms with Gasteiger partial charge in [-0.15, -0.1) is 0 Å². The average molecular weight is 238 g/mol. The van der Waals surface area contributed by atoms with Gasteiger partial charge in [0.05, 0.1) is 0 Å². The van der Waals surface area contributed by atoms with Gasteiger partial charge in [0.2, 0.25) is 0 Å². The molecule has 0 aliphatic carbocycles. The highest BCUT2D eigenvalue weighted by Gasteiger charge is 2.21. The lowest BCUT2D eigenvalue weighted by molar-refractivity contribution is -0.138. The first-order valence-corrected chi connectivity index (χ1v) is 4.08. The number of aliphatic carboxylic acids is 1. The molecular formula is C6H12BrN3O2. The molecule has 70 valence electrons. The summed E-state index contributed by atoms with van der Waals surface area (Å²) in [6.45, 7) is 5.50. The molecule has 0 spiro atoms. The number of carbonyl (C=O) groups is 1. The smallest absolute Gasteiger partial charge is 0.319 e. The van der Waals surface area contributed by atoms with Crippen molar-refractivity contribution in [3.05, 3.63) is 10.4 Å². The quantitative estimate of drug-likeness (QED) is 0.347. The third kappa shape index (κ3) is 12.0. The van der Waals surface area contributed by atoms with Crippen molar-refractivity contribution >= 4 is 21.9 Å². The Morgan fingerprint density at radius 3 is 2.08 bits per heavy atom. The summed E-state index contributed by atoms with van der Waals surface area (Å²) in [5.74, 6) is -0.840. The van der Waals surface area contributed by atoms with Gasteiger partial charge in [0.25, 0.3) is 0 Å². The largest absolute Gasteiger partial charge is 0.480 e. The van der Waals surface area contributed by atoms with Crippen LogP contribution in [-0.4, -0.2) is 21.9 Å². The zero-order valence-electron chi connectivity index (χ0n) is 7.28. The molecule has 0 unspecified atom stereocenters. The van der Waals surface area contributed by atoms with Crippen LogP contribution in [0.5, 0.6) is 0 Å². The summed E-state index contributed by atoms with van der Waals surface area (Å²) < 4.78 is -0.771. The Labute approximate surface area is 79.5 Å². The molecule has 12 heavy (non-hydrogen) atoms. The number of carboxylic acid groups (broad SMARTS) is 1. The summed E-state index contributed by atoms with van der Waals surface area (Å²) in [5.41, 5.74) is 7.52. The molecule has 0 saturated heterocycles. The number of alkyl halides is 1. The minimum atomic E-state index is -0.840. The lowest BCUT2D eigenvalue weighted by atomic mass is 10.2. The predicted molar refractivity (Wildman–Crippen MR) is 50.3 cm³/mol. The van der Waals surface area contributed by atoms with E-state index in [-0.39, 0.29) is 0 Å². The van der Waals surface area contributed by atoms with Crippen LogP contribution >= 0.6 is 15.9 Å². The molecular weight excluding hydrogens is 226 g/mol. The molecule has 0 aliphatic rings. The van der Waals surface area contributed by atoms with Crippen LogP contribution in [0.3, 0.4) is 0 Å². The molecule has 0 bridgehead atoms. The van der Waals surface area contributed by atoms with Crippen molar-refractivity contribution in [2.45, 2.75) is 25.1 Å². The molecule has 1 N–H and O–H groups in total. The maximum Gasteiger partial charge on any atom is 0.319 e. The highest BCUT2D eigenvalue weighted by Crippen LogP contribution is 2.14. The van der Waals surface area contributed by atoms with Crippen LogP contribution in [0.2, 0.25) is 0 Å². The van der Waals surface area contributed by atoms with Gasteiger partial charge in [0, 0.05) is 11.5 Å². The lowest BCUT2D eigenvalue weighted by Gasteiger charge is -2.06. The van der Waals surface area contributed by atoms with Crippen LogP contribution in [-0.2, 0) is 4.79 Å². The standard InChI is InChI=1S/C4H7BrO2.C2H5N3/c1-4(2,5)3(6)7;1-2-4-5-3/h1-2H3,(H,6,7);2H2,1H3. The molecule has 6 heteroatoms. The normalized spacial score (nSPS) is 9.00. The number of hydrogen-bond acceptors (Lipinski definition) is 2. The molecule has 0 aromatic carbocycles. The summed E-state index contributed by atoms with van der Waals surface area (Å²) in [5, 5.41) is 11.4. The number of hydrogen-bond donors (Lipinski definition) is 1. The fourth-order valence-electron chi connectivity index (χ4n) is 0.0632. The summed E-state index contributed by atoms with van der Waals surface area (Å²) in [6, 6.07) is 0. The minimum Gasteiger partial charge on any atom is -0.480 e. The van der Waals surface area contributed by atoms with E-state index in [4.69, 9.17) is 10.6 Å². The Kier molecular flexibility index (Phi) is 7.99. The van der Waals surface area contributed by atoms with Crippen LogP contribution in [0.1, 0.15) is 20.8 Å². The molecule has 0 aromatic rings. The van der Waals surface area contributed by atoms with Crippen LogP contribution in [0.4, 0.5) is 0 Å². The minimum absolute atomic E-state index is 0.552. The van der Waals surface area contributed by atoms with Crippen LogP contribution < -0.4 is 0 Å². The first-order chi connectivity index (χ1) is 5.36. The molecule has 0 heterocycles. The Morgan fingerprint density at radius 1 is 1.75 bits per heavy atom. The van der Waals surface area contributed by atoms with Crippen molar-refractivity contribution in [1.82, 2.24) is 0 Å². The zero-order chi connectivity index (χ0) is 10.2. The van der Waals surface area contributed by atoms with E-state index in [1.807, 2.05) is 0 Å². The SMILES string of the molecule is CC(C)(Br)C(=O)O.CCN=[N+]=[N-]. The van der Waals surface area contributed by atoms with Crippen molar-refractivity contribution in [1.29, 1.82) is 0 Å². The third-order valence-corrected chi connectivity index (χ3v) is 1.05. The van der Waals surface area contributed by atoms with Gasteiger partial charge in [-0.3, -0.25) is 4.79 Å². The highest BCUT2D eigenvalue weighted by molar-refractivity contribution is 9.10. The van der Waals surface area contributed by atoms with E-state index in [1.165, 1.54) is 0 Å². The van der Waals surface area contributed by atoms with Crippen molar-refractivity contribution in [2.24, 2.45) is 5.11 Å². The Morgan fingerprint density at radius 2 is 2.08 bits per heavy atom. The Balaban J connectivity index is 0. The van der Waals surface area contributed by atoms with Gasteiger partial charge in [0.15, 0.2) is 0 Å². The Hall–Kier alpha value is -0.740. The summed E-state index contributed by atoms with van der Waals surface area (Å²) in [6.07, 6.45) is 0. The number of rotatable bonds is 2. The zero-order valence-corrected chi connectivity index (χ0v) is 8.87. The lowest BCUT2D eigenvalue weighted by Crippen LogP contribution is -2.22. The Bertz CT molecular complexity index is 182. The maximum absolute atomic E-state index is 9.97. The number of nitrogens with zero attached hydrogens (tertiary/aromatic N) is 3. The average Bonchev–Trinajstić information content (AvgIpc) is 1.88. The predicted octanol–water partition coefficient (Wildman–Crippen LogP) is 2.56. The first kappa shape index (κ1) is 13.8. The third-order valence-electron chi connectivity index (χ3n) is 0.713. The number of carboxylic acids is 1. The van der Waals surface area contributed by atoms with E-state index in [1.54, 1.807) is 20.8 Å². The van der Waals surface area contributed by atoms with Gasteiger partial charge >= 0.3 is 5.97 Å². The van der Waals surface area contributed by atoms with Crippen molar-refractivity contribution in [2.75, 3.05) is 6.54 Å². The van der Waals surface area contributed by atoms with E-state index >= 15 is 0 Å². The molecule has 0 radical (unpaired) electrons. The maximum atomic E-state index is 9.97. The molecule has 0 rings (SSSR count). The van der Waals surface area contributed by atoms with Crippen LogP contribution in [0.15, 0.2) is 5.11 Å². The number of halogens is 1. The molecule has 0 saturated carbocycles. The summed E-state index contributed by atoms with van der Waals surface area (Å²) >= 11 is 2.94. The molecule has 0 atom stereocenters. The van der Waals surface area contributed by atoms with E-state index in [2.05, 4.69) is 26.0 Å². The van der Waals surface area contributed by atoms with Crippen LogP contribution in [0, 0.1) is 0 Å². The van der Waals surface area contributed by atoms with E-state index < -0.39 is 10.3 Å². The van der Waals surface area contributed by atoms with E-state index in [0.717, 1.165) is 0 Å². The van der Waals surface area contributed by atoms with Crippen molar-refractivity contribution in [3.8, 4) is 0 Å². The monoisotopic (exact) mass is 237 g/mol. The van der Waals surface area contributed by atoms with Crippen LogP contribution in [0.25, 0.3) is 10.4 Å². The second kappa shape index (κ2) is 6.94. The fraction of sp³-hybridized carbons (Fsp3) is 0.833. The summed E-state index contributed by atoms with van der Waals surface area (Å²) in [4.78, 5) is 12.5. The van der Waals surface area contributed by atoms with Gasteiger partial charge in [0.1, 0.15) is 4.32 Å². The van der Waals surface area contributed by atoms with Gasteiger partial charge in [-0.25, -0.2) is 0 Å². The molecule has 0 aromatic heterocycles. The second-order valence-corrected chi connectivity index (χ2v) is 4.31. The number of azide groups is 1. The topological polar surface area (TPSA) is 86.1 Å².